The van der Waals surface area contributed by atoms with Crippen molar-refractivity contribution in [2.45, 2.75) is 71.8 Å². The third kappa shape index (κ3) is 10.3. The molecule has 2 aliphatic rings. The molecule has 0 aliphatic carbocycles. The van der Waals surface area contributed by atoms with E-state index in [1.807, 2.05) is 46.8 Å². The normalized spacial score (nSPS) is 16.5. The largest absolute Gasteiger partial charge is 0.487 e. The molecule has 4 heterocycles. The minimum Gasteiger partial charge on any atom is -0.487 e. The number of benzene rings is 1. The molecule has 1 fully saturated rings. The number of nitrogens with zero attached hydrogens (tertiary/aromatic N) is 4. The van der Waals surface area contributed by atoms with Gasteiger partial charge in [-0.05, 0) is 45.4 Å². The van der Waals surface area contributed by atoms with Crippen LogP contribution >= 0.6 is 0 Å². The van der Waals surface area contributed by atoms with Crippen LogP contribution in [0.3, 0.4) is 0 Å². The Morgan fingerprint density at radius 1 is 1.13 bits per heavy atom. The molecule has 2 aliphatic heterocycles. The van der Waals surface area contributed by atoms with Crippen LogP contribution in [0, 0.1) is 0 Å². The molecule has 3 aromatic rings. The number of carbonyl (C=O) groups is 1. The summed E-state index contributed by atoms with van der Waals surface area (Å²) in [6, 6.07) is 8.49. The van der Waals surface area contributed by atoms with Gasteiger partial charge in [-0.25, -0.2) is 9.67 Å². The molecule has 5 rings (SSSR count). The first kappa shape index (κ1) is 36.6. The Hall–Kier alpha value is -3.88. The number of nitrogens with one attached hydrogen (secondary N) is 2. The van der Waals surface area contributed by atoms with Crippen LogP contribution < -0.4 is 20.3 Å². The van der Waals surface area contributed by atoms with Gasteiger partial charge in [0.1, 0.15) is 23.7 Å². The molecule has 2 aromatic heterocycles. The fourth-order valence-corrected chi connectivity index (χ4v) is 4.54. The summed E-state index contributed by atoms with van der Waals surface area (Å²) in [5, 5.41) is 26.8. The van der Waals surface area contributed by atoms with E-state index in [9.17, 15) is 18.0 Å². The zero-order chi connectivity index (χ0) is 34.1. The van der Waals surface area contributed by atoms with Gasteiger partial charge in [0.2, 0.25) is 0 Å². The van der Waals surface area contributed by atoms with Gasteiger partial charge in [0.25, 0.3) is 5.91 Å². The average Bonchev–Trinajstić information content (AvgIpc) is 3.65. The number of fused-ring (bicyclic) bond motifs is 1. The Labute approximate surface area is 267 Å². The van der Waals surface area contributed by atoms with Crippen molar-refractivity contribution in [3.63, 3.8) is 0 Å². The lowest BCUT2D eigenvalue weighted by atomic mass is 10.0. The second kappa shape index (κ2) is 15.6. The molecule has 1 aromatic carbocycles. The first-order valence-electron chi connectivity index (χ1n) is 15.3. The van der Waals surface area contributed by atoms with Gasteiger partial charge in [-0.2, -0.15) is 18.3 Å². The lowest BCUT2D eigenvalue weighted by molar-refractivity contribution is -0.115. The highest BCUT2D eigenvalue weighted by atomic mass is 19.4. The summed E-state index contributed by atoms with van der Waals surface area (Å²) < 4.78 is 50.6. The maximum atomic E-state index is 13.2. The zero-order valence-electron chi connectivity index (χ0n) is 27.2. The molecule has 46 heavy (non-hydrogen) atoms. The van der Waals surface area contributed by atoms with Crippen LogP contribution in [-0.4, -0.2) is 87.7 Å². The average molecular weight is 651 g/mol. The van der Waals surface area contributed by atoms with Gasteiger partial charge in [-0.3, -0.25) is 4.79 Å². The number of pyridine rings is 1. The van der Waals surface area contributed by atoms with E-state index in [-0.39, 0.29) is 23.7 Å². The first-order chi connectivity index (χ1) is 21.7. The van der Waals surface area contributed by atoms with Gasteiger partial charge < -0.3 is 35.2 Å². The molecule has 1 amide bonds. The lowest BCUT2D eigenvalue weighted by Crippen LogP contribution is -2.36. The summed E-state index contributed by atoms with van der Waals surface area (Å²) in [6.45, 7) is 12.7. The minimum absolute atomic E-state index is 0.0507. The van der Waals surface area contributed by atoms with E-state index in [4.69, 9.17) is 19.7 Å². The summed E-state index contributed by atoms with van der Waals surface area (Å²) in [5.41, 5.74) is 1.95. The van der Waals surface area contributed by atoms with Crippen molar-refractivity contribution < 1.29 is 37.7 Å². The van der Waals surface area contributed by atoms with E-state index in [0.717, 1.165) is 23.4 Å². The van der Waals surface area contributed by atoms with Crippen molar-refractivity contribution >= 4 is 23.1 Å². The third-order valence-electron chi connectivity index (χ3n) is 7.18. The number of alkyl halides is 3. The fraction of sp³-hybridized carbons (Fsp3) is 0.531. The molecular weight excluding hydrogens is 605 g/mol. The van der Waals surface area contributed by atoms with Gasteiger partial charge in [-0.1, -0.05) is 20.8 Å². The summed E-state index contributed by atoms with van der Waals surface area (Å²) in [4.78, 5) is 19.2. The molecule has 11 nitrogen and oxygen atoms in total. The van der Waals surface area contributed by atoms with Gasteiger partial charge in [0.05, 0.1) is 42.5 Å². The lowest BCUT2D eigenvalue weighted by Gasteiger charge is -2.31. The molecule has 0 spiro atoms. The van der Waals surface area contributed by atoms with Crippen LogP contribution in [0.1, 0.15) is 64.0 Å². The van der Waals surface area contributed by atoms with E-state index in [1.54, 1.807) is 25.3 Å². The van der Waals surface area contributed by atoms with E-state index in [2.05, 4.69) is 25.6 Å². The highest BCUT2D eigenvalue weighted by Gasteiger charge is 2.32. The minimum atomic E-state index is -4.37. The standard InChI is InChI=1S/C25H27F3N6O3.C5H12O2.C2H6/c1-24(2)14-16-11-19(20(13-21(16)37-24)33-7-9-36-10-8-33)31-23(35)18-4-6-34(32-18)17-3-5-29-22(12-17)30-15-25(26,27)28;1-3-5(2,7)4-6;1-2/h3-6,11-13H,7-10,14-15H2,1-2H3,(H,29,30)(H,31,35);6-7H,3-4H2,1-2H3;1-2H3. The van der Waals surface area contributed by atoms with Crippen molar-refractivity contribution in [2.75, 3.05) is 55.0 Å². The molecule has 1 unspecified atom stereocenters. The van der Waals surface area contributed by atoms with Crippen LogP contribution in [0.15, 0.2) is 42.7 Å². The van der Waals surface area contributed by atoms with Crippen LogP contribution in [0.4, 0.5) is 30.4 Å². The predicted molar refractivity (Wildman–Crippen MR) is 171 cm³/mol. The van der Waals surface area contributed by atoms with E-state index in [0.29, 0.717) is 44.1 Å². The SMILES string of the molecule is CC.CC1(C)Cc2cc(NC(=O)c3ccn(-c4ccnc(NCC(F)(F)F)c4)n3)c(N3CCOCC3)cc2O1.CCC(C)(O)CO. The fourth-order valence-electron chi connectivity index (χ4n) is 4.54. The Bertz CT molecular complexity index is 1430. The maximum Gasteiger partial charge on any atom is 0.405 e. The van der Waals surface area contributed by atoms with E-state index < -0.39 is 24.2 Å². The number of amides is 1. The summed E-state index contributed by atoms with van der Waals surface area (Å²) in [5.74, 6) is 0.451. The quantitative estimate of drug-likeness (QED) is 0.259. The first-order valence-corrected chi connectivity index (χ1v) is 15.3. The highest BCUT2D eigenvalue weighted by molar-refractivity contribution is 6.05. The van der Waals surface area contributed by atoms with Crippen molar-refractivity contribution in [2.24, 2.45) is 0 Å². The van der Waals surface area contributed by atoms with Crippen molar-refractivity contribution in [3.8, 4) is 11.4 Å². The summed E-state index contributed by atoms with van der Waals surface area (Å²) in [6.07, 6.45) is -0.106. The molecule has 1 atom stereocenters. The van der Waals surface area contributed by atoms with Crippen molar-refractivity contribution in [1.29, 1.82) is 0 Å². The number of rotatable bonds is 8. The number of halogens is 3. The van der Waals surface area contributed by atoms with Crippen LogP contribution in [-0.2, 0) is 11.2 Å². The molecule has 14 heteroatoms. The molecule has 4 N–H and O–H groups in total. The predicted octanol–water partition coefficient (Wildman–Crippen LogP) is 5.21. The number of anilines is 3. The second-order valence-electron chi connectivity index (χ2n) is 11.6. The van der Waals surface area contributed by atoms with Crippen molar-refractivity contribution in [1.82, 2.24) is 14.8 Å². The number of ether oxygens (including phenoxy) is 2. The Kier molecular flexibility index (Phi) is 12.4. The zero-order valence-corrected chi connectivity index (χ0v) is 27.2. The monoisotopic (exact) mass is 650 g/mol. The van der Waals surface area contributed by atoms with Crippen LogP contribution in [0.5, 0.6) is 5.75 Å². The van der Waals surface area contributed by atoms with Gasteiger partial charge in [-0.15, -0.1) is 0 Å². The summed E-state index contributed by atoms with van der Waals surface area (Å²) in [7, 11) is 0. The number of aliphatic hydroxyl groups is 2. The molecule has 254 valence electrons. The molecule has 0 radical (unpaired) electrons. The Morgan fingerprint density at radius 2 is 1.83 bits per heavy atom. The number of carbonyl (C=O) groups excluding carboxylic acids is 1. The van der Waals surface area contributed by atoms with Gasteiger partial charge >= 0.3 is 6.18 Å². The summed E-state index contributed by atoms with van der Waals surface area (Å²) >= 11 is 0. The number of aromatic nitrogens is 3. The number of morpholine rings is 1. The molecule has 0 saturated carbocycles. The Balaban J connectivity index is 0.000000568. The number of hydrogen-bond donors (Lipinski definition) is 4. The third-order valence-corrected chi connectivity index (χ3v) is 7.18. The molecular formula is C32H45F3N6O5. The Morgan fingerprint density at radius 3 is 2.43 bits per heavy atom. The number of hydrogen-bond acceptors (Lipinski definition) is 9. The van der Waals surface area contributed by atoms with Crippen LogP contribution in [0.25, 0.3) is 5.69 Å². The topological polar surface area (TPSA) is 134 Å². The maximum absolute atomic E-state index is 13.2. The number of aliphatic hydroxyl groups excluding tert-OH is 1. The van der Waals surface area contributed by atoms with E-state index in [1.165, 1.54) is 16.9 Å². The van der Waals surface area contributed by atoms with Gasteiger partial charge in [0.15, 0.2) is 5.69 Å². The second-order valence-corrected chi connectivity index (χ2v) is 11.6. The molecule has 1 saturated heterocycles. The van der Waals surface area contributed by atoms with E-state index >= 15 is 0 Å². The van der Waals surface area contributed by atoms with Crippen molar-refractivity contribution in [3.05, 3.63) is 54.0 Å². The smallest absolute Gasteiger partial charge is 0.405 e. The molecule has 0 bridgehead atoms. The van der Waals surface area contributed by atoms with Crippen LogP contribution in [0.2, 0.25) is 0 Å². The van der Waals surface area contributed by atoms with Gasteiger partial charge in [0, 0.05) is 49.6 Å². The highest BCUT2D eigenvalue weighted by Crippen LogP contribution is 2.42.